The summed E-state index contributed by atoms with van der Waals surface area (Å²) >= 11 is 12.3. The summed E-state index contributed by atoms with van der Waals surface area (Å²) in [5.41, 5.74) is 0.592. The first-order chi connectivity index (χ1) is 9.50. The van der Waals surface area contributed by atoms with Gasteiger partial charge in [0.25, 0.3) is 0 Å². The number of halogens is 2. The van der Waals surface area contributed by atoms with Crippen LogP contribution < -0.4 is 5.32 Å². The van der Waals surface area contributed by atoms with E-state index in [9.17, 15) is 9.90 Å². The van der Waals surface area contributed by atoms with Crippen LogP contribution in [0, 0.1) is 0 Å². The smallest absolute Gasteiger partial charge is 0.223 e. The van der Waals surface area contributed by atoms with Crippen LogP contribution in [-0.4, -0.2) is 41.1 Å². The van der Waals surface area contributed by atoms with E-state index in [-0.39, 0.29) is 29.7 Å². The number of phenolic OH excluding ortho intramolecular Hbond substituents is 1. The normalized spacial score (nSPS) is 26.9. The largest absolute Gasteiger partial charge is 0.508 e. The van der Waals surface area contributed by atoms with Gasteiger partial charge in [-0.1, -0.05) is 23.2 Å². The first-order valence-electron chi connectivity index (χ1n) is 6.69. The number of benzene rings is 1. The number of carbonyl (C=O) groups excluding carboxylic acids is 1. The summed E-state index contributed by atoms with van der Waals surface area (Å²) in [5.74, 6) is 0.108. The van der Waals surface area contributed by atoms with Gasteiger partial charge in [0.15, 0.2) is 0 Å². The average molecular weight is 315 g/mol. The lowest BCUT2D eigenvalue weighted by Gasteiger charge is -2.39. The summed E-state index contributed by atoms with van der Waals surface area (Å²) in [7, 11) is 0. The molecule has 2 N–H and O–H groups in total. The molecule has 20 heavy (non-hydrogen) atoms. The quantitative estimate of drug-likeness (QED) is 0.881. The van der Waals surface area contributed by atoms with Gasteiger partial charge in [-0.2, -0.15) is 0 Å². The molecular formula is C14H16Cl2N2O2. The minimum absolute atomic E-state index is 0.0106. The Hall–Kier alpha value is -0.970. The highest BCUT2D eigenvalue weighted by Gasteiger charge is 2.44. The minimum atomic E-state index is -0.116. The molecule has 6 heteroatoms. The van der Waals surface area contributed by atoms with Crippen molar-refractivity contribution in [2.75, 3.05) is 13.1 Å². The Bertz CT molecular complexity index is 560. The molecule has 1 amide bonds. The molecule has 0 bridgehead atoms. The Labute approximate surface area is 127 Å². The summed E-state index contributed by atoms with van der Waals surface area (Å²) in [6.07, 6.45) is 0.366. The average Bonchev–Trinajstić information content (AvgIpc) is 2.61. The molecule has 2 aliphatic rings. The van der Waals surface area contributed by atoms with Gasteiger partial charge in [0.2, 0.25) is 5.91 Å². The number of nitrogens with one attached hydrogen (secondary N) is 1. The van der Waals surface area contributed by atoms with E-state index in [4.69, 9.17) is 23.2 Å². The lowest BCUT2D eigenvalue weighted by molar-refractivity contribution is -0.131. The second kappa shape index (κ2) is 5.10. The van der Waals surface area contributed by atoms with Crippen LogP contribution in [0.5, 0.6) is 5.75 Å². The predicted octanol–water partition coefficient (Wildman–Crippen LogP) is 2.38. The van der Waals surface area contributed by atoms with Gasteiger partial charge in [0.1, 0.15) is 5.75 Å². The third-order valence-corrected chi connectivity index (χ3v) is 5.16. The zero-order valence-electron chi connectivity index (χ0n) is 11.1. The first kappa shape index (κ1) is 14.0. The van der Waals surface area contributed by atoms with Gasteiger partial charge >= 0.3 is 0 Å². The number of nitrogens with zero attached hydrogens (tertiary/aromatic N) is 1. The van der Waals surface area contributed by atoms with E-state index >= 15 is 0 Å². The maximum atomic E-state index is 12.3. The summed E-state index contributed by atoms with van der Waals surface area (Å²) in [6.45, 7) is 3.67. The zero-order chi connectivity index (χ0) is 14.4. The molecule has 2 heterocycles. The van der Waals surface area contributed by atoms with Crippen molar-refractivity contribution in [3.63, 3.8) is 0 Å². The molecular weight excluding hydrogens is 299 g/mol. The van der Waals surface area contributed by atoms with Gasteiger partial charge < -0.3 is 15.3 Å². The van der Waals surface area contributed by atoms with Gasteiger partial charge in [-0.3, -0.25) is 4.79 Å². The van der Waals surface area contributed by atoms with Crippen molar-refractivity contribution in [3.05, 3.63) is 27.7 Å². The number of hydrogen-bond donors (Lipinski definition) is 2. The standard InChI is InChI=1S/C14H16Cl2N2O2/c1-7-9(4-12(20)18(7)8-5-17-6-8)13-11(19)3-2-10(15)14(13)16/h2-3,7-9,17,19H,4-6H2,1H3/t7-,9+/m0/s1. The third-order valence-electron chi connectivity index (χ3n) is 4.34. The lowest BCUT2D eigenvalue weighted by atomic mass is 9.91. The van der Waals surface area contributed by atoms with Crippen molar-refractivity contribution in [3.8, 4) is 5.75 Å². The molecule has 0 aromatic heterocycles. The SMILES string of the molecule is C[C@H]1[C@H](c2c(O)ccc(Cl)c2Cl)CC(=O)N1C1CNC1. The topological polar surface area (TPSA) is 52.6 Å². The monoisotopic (exact) mass is 314 g/mol. The van der Waals surface area contributed by atoms with E-state index < -0.39 is 0 Å². The summed E-state index contributed by atoms with van der Waals surface area (Å²) < 4.78 is 0. The number of hydrogen-bond acceptors (Lipinski definition) is 3. The van der Waals surface area contributed by atoms with Crippen LogP contribution in [0.1, 0.15) is 24.8 Å². The molecule has 0 unspecified atom stereocenters. The van der Waals surface area contributed by atoms with Crippen LogP contribution in [0.3, 0.4) is 0 Å². The van der Waals surface area contributed by atoms with Crippen LogP contribution in [-0.2, 0) is 4.79 Å². The molecule has 1 aromatic rings. The molecule has 0 radical (unpaired) electrons. The van der Waals surface area contributed by atoms with Crippen molar-refractivity contribution in [1.29, 1.82) is 0 Å². The Morgan fingerprint density at radius 1 is 1.35 bits per heavy atom. The molecule has 3 rings (SSSR count). The molecule has 2 aliphatic heterocycles. The second-order valence-electron chi connectivity index (χ2n) is 5.46. The van der Waals surface area contributed by atoms with E-state index in [1.54, 1.807) is 6.07 Å². The summed E-state index contributed by atoms with van der Waals surface area (Å²) in [4.78, 5) is 14.2. The van der Waals surface area contributed by atoms with Gasteiger partial charge in [0.05, 0.1) is 16.1 Å². The maximum Gasteiger partial charge on any atom is 0.223 e. The first-order valence-corrected chi connectivity index (χ1v) is 7.45. The van der Waals surface area contributed by atoms with E-state index in [1.807, 2.05) is 11.8 Å². The zero-order valence-corrected chi connectivity index (χ0v) is 12.6. The van der Waals surface area contributed by atoms with Crippen LogP contribution in [0.2, 0.25) is 10.0 Å². The fraction of sp³-hybridized carbons (Fsp3) is 0.500. The number of amides is 1. The van der Waals surface area contributed by atoms with Crippen LogP contribution >= 0.6 is 23.2 Å². The molecule has 2 fully saturated rings. The Balaban J connectivity index is 1.95. The molecule has 1 aromatic carbocycles. The number of rotatable bonds is 2. The molecule has 0 spiro atoms. The molecule has 0 aliphatic carbocycles. The third kappa shape index (κ3) is 2.07. The molecule has 2 atom stereocenters. The van der Waals surface area contributed by atoms with Crippen LogP contribution in [0.15, 0.2) is 12.1 Å². The molecule has 2 saturated heterocycles. The van der Waals surface area contributed by atoms with Crippen molar-refractivity contribution in [1.82, 2.24) is 10.2 Å². The van der Waals surface area contributed by atoms with Crippen molar-refractivity contribution >= 4 is 29.1 Å². The Morgan fingerprint density at radius 2 is 2.05 bits per heavy atom. The van der Waals surface area contributed by atoms with Gasteiger partial charge in [0, 0.05) is 37.0 Å². The van der Waals surface area contributed by atoms with Gasteiger partial charge in [-0.05, 0) is 19.1 Å². The summed E-state index contributed by atoms with van der Waals surface area (Å²) in [5, 5.41) is 14.0. The van der Waals surface area contributed by atoms with Gasteiger partial charge in [-0.15, -0.1) is 0 Å². The van der Waals surface area contributed by atoms with Crippen molar-refractivity contribution < 1.29 is 9.90 Å². The Kier molecular flexibility index (Phi) is 3.56. The summed E-state index contributed by atoms with van der Waals surface area (Å²) in [6, 6.07) is 3.37. The Morgan fingerprint density at radius 3 is 2.65 bits per heavy atom. The highest BCUT2D eigenvalue weighted by atomic mass is 35.5. The highest BCUT2D eigenvalue weighted by molar-refractivity contribution is 6.42. The number of aromatic hydroxyl groups is 1. The van der Waals surface area contributed by atoms with Crippen LogP contribution in [0.25, 0.3) is 0 Å². The second-order valence-corrected chi connectivity index (χ2v) is 6.24. The van der Waals surface area contributed by atoms with E-state index in [1.165, 1.54) is 6.07 Å². The fourth-order valence-electron chi connectivity index (χ4n) is 3.14. The van der Waals surface area contributed by atoms with Crippen molar-refractivity contribution in [2.24, 2.45) is 0 Å². The predicted molar refractivity (Wildman–Crippen MR) is 78.5 cm³/mol. The van der Waals surface area contributed by atoms with E-state index in [0.29, 0.717) is 22.0 Å². The molecule has 108 valence electrons. The highest BCUT2D eigenvalue weighted by Crippen LogP contribution is 2.45. The van der Waals surface area contributed by atoms with E-state index in [0.717, 1.165) is 13.1 Å². The van der Waals surface area contributed by atoms with Crippen LogP contribution in [0.4, 0.5) is 0 Å². The minimum Gasteiger partial charge on any atom is -0.508 e. The number of carbonyl (C=O) groups is 1. The van der Waals surface area contributed by atoms with Crippen molar-refractivity contribution in [2.45, 2.75) is 31.3 Å². The number of likely N-dealkylation sites (tertiary alicyclic amines) is 1. The fourth-order valence-corrected chi connectivity index (χ4v) is 3.61. The lowest BCUT2D eigenvalue weighted by Crippen LogP contribution is -2.59. The number of phenols is 1. The molecule has 0 saturated carbocycles. The maximum absolute atomic E-state index is 12.3. The van der Waals surface area contributed by atoms with E-state index in [2.05, 4.69) is 5.32 Å². The molecule has 4 nitrogen and oxygen atoms in total. The van der Waals surface area contributed by atoms with Gasteiger partial charge in [-0.25, -0.2) is 0 Å².